The molecule has 1 aromatic rings. The van der Waals surface area contributed by atoms with Crippen LogP contribution in [0.25, 0.3) is 0 Å². The van der Waals surface area contributed by atoms with Crippen molar-refractivity contribution in [3.05, 3.63) is 22.7 Å². The molecule has 1 rings (SSSR count). The van der Waals surface area contributed by atoms with Gasteiger partial charge in [-0.1, -0.05) is 6.92 Å². The molecule has 3 nitrogen and oxygen atoms in total. The molecule has 0 saturated carbocycles. The zero-order chi connectivity index (χ0) is 8.27. The number of Topliss-reactive ketones (excluding diaryl/α,β-unsaturated/α-hetero) is 1. The number of carbonyl (C=O) groups excluding carboxylic acids is 1. The molecular weight excluding hydrogens is 208 g/mol. The molecule has 0 aliphatic heterocycles. The lowest BCUT2D eigenvalue weighted by Crippen LogP contribution is -2.01. The highest BCUT2D eigenvalue weighted by molar-refractivity contribution is 9.10. The van der Waals surface area contributed by atoms with E-state index >= 15 is 0 Å². The molecule has 0 aromatic carbocycles. The van der Waals surface area contributed by atoms with Crippen LogP contribution in [0, 0.1) is 0 Å². The fraction of sp³-hybridized carbons (Fsp3) is 0.286. The summed E-state index contributed by atoms with van der Waals surface area (Å²) in [4.78, 5) is 18.9. The van der Waals surface area contributed by atoms with Crippen molar-refractivity contribution in [3.63, 3.8) is 0 Å². The van der Waals surface area contributed by atoms with Gasteiger partial charge in [-0.25, -0.2) is 9.97 Å². The fourth-order valence-corrected chi connectivity index (χ4v) is 1.12. The molecule has 11 heavy (non-hydrogen) atoms. The van der Waals surface area contributed by atoms with Crippen LogP contribution in [0.4, 0.5) is 0 Å². The third kappa shape index (κ3) is 1.83. The predicted octanol–water partition coefficient (Wildman–Crippen LogP) is 1.83. The van der Waals surface area contributed by atoms with E-state index < -0.39 is 0 Å². The van der Waals surface area contributed by atoms with Crippen molar-refractivity contribution in [1.29, 1.82) is 0 Å². The molecule has 0 aliphatic rings. The molecule has 0 atom stereocenters. The smallest absolute Gasteiger partial charge is 0.183 e. The Morgan fingerprint density at radius 1 is 1.55 bits per heavy atom. The van der Waals surface area contributed by atoms with E-state index in [1.165, 1.54) is 12.4 Å². The van der Waals surface area contributed by atoms with Gasteiger partial charge in [0.2, 0.25) is 0 Å². The highest BCUT2D eigenvalue weighted by Crippen LogP contribution is 2.10. The summed E-state index contributed by atoms with van der Waals surface area (Å²) in [6, 6.07) is 0. The molecule has 0 aliphatic carbocycles. The quantitative estimate of drug-likeness (QED) is 0.706. The first kappa shape index (κ1) is 8.33. The van der Waals surface area contributed by atoms with Crippen molar-refractivity contribution in [1.82, 2.24) is 9.97 Å². The minimum Gasteiger partial charge on any atom is -0.292 e. The van der Waals surface area contributed by atoms with E-state index in [9.17, 15) is 4.79 Å². The first-order valence-corrected chi connectivity index (χ1v) is 4.04. The number of aromatic nitrogens is 2. The van der Waals surface area contributed by atoms with Gasteiger partial charge in [0.15, 0.2) is 5.78 Å². The largest absolute Gasteiger partial charge is 0.292 e. The molecule has 1 aromatic heterocycles. The number of hydrogen-bond donors (Lipinski definition) is 0. The van der Waals surface area contributed by atoms with E-state index in [4.69, 9.17) is 0 Å². The molecule has 0 saturated heterocycles. The summed E-state index contributed by atoms with van der Waals surface area (Å²) in [6.45, 7) is 1.80. The van der Waals surface area contributed by atoms with Crippen molar-refractivity contribution in [2.75, 3.05) is 0 Å². The average molecular weight is 215 g/mol. The van der Waals surface area contributed by atoms with Crippen LogP contribution in [0.3, 0.4) is 0 Å². The minimum absolute atomic E-state index is 0.00461. The number of hydrogen-bond acceptors (Lipinski definition) is 3. The van der Waals surface area contributed by atoms with Gasteiger partial charge in [-0.15, -0.1) is 0 Å². The van der Waals surface area contributed by atoms with Crippen molar-refractivity contribution < 1.29 is 4.79 Å². The number of rotatable bonds is 2. The highest BCUT2D eigenvalue weighted by atomic mass is 79.9. The van der Waals surface area contributed by atoms with Crippen molar-refractivity contribution in [2.45, 2.75) is 13.3 Å². The summed E-state index contributed by atoms with van der Waals surface area (Å²) in [5.41, 5.74) is 0.412. The Morgan fingerprint density at radius 3 is 2.73 bits per heavy atom. The third-order valence-corrected chi connectivity index (χ3v) is 1.82. The zero-order valence-electron chi connectivity index (χ0n) is 6.04. The summed E-state index contributed by atoms with van der Waals surface area (Å²) >= 11 is 3.14. The minimum atomic E-state index is 0.00461. The van der Waals surface area contributed by atoms with E-state index in [0.29, 0.717) is 16.7 Å². The first-order valence-electron chi connectivity index (χ1n) is 3.25. The molecule has 0 radical (unpaired) electrons. The monoisotopic (exact) mass is 214 g/mol. The molecule has 0 fully saturated rings. The van der Waals surface area contributed by atoms with Crippen molar-refractivity contribution in [3.8, 4) is 0 Å². The zero-order valence-corrected chi connectivity index (χ0v) is 7.63. The molecule has 58 valence electrons. The molecule has 0 amide bonds. The molecule has 0 unspecified atom stereocenters. The topological polar surface area (TPSA) is 42.9 Å². The van der Waals surface area contributed by atoms with Gasteiger partial charge in [0.25, 0.3) is 0 Å². The van der Waals surface area contributed by atoms with Crippen LogP contribution in [0.5, 0.6) is 0 Å². The highest BCUT2D eigenvalue weighted by Gasteiger charge is 2.08. The maximum Gasteiger partial charge on any atom is 0.183 e. The maximum absolute atomic E-state index is 11.1. The Bertz CT molecular complexity index is 275. The molecule has 4 heteroatoms. The van der Waals surface area contributed by atoms with Gasteiger partial charge < -0.3 is 0 Å². The lowest BCUT2D eigenvalue weighted by molar-refractivity contribution is 0.0982. The van der Waals surface area contributed by atoms with Crippen molar-refractivity contribution >= 4 is 21.7 Å². The van der Waals surface area contributed by atoms with Crippen LogP contribution >= 0.6 is 15.9 Å². The Kier molecular flexibility index (Phi) is 2.70. The second-order valence-corrected chi connectivity index (χ2v) is 2.72. The van der Waals surface area contributed by atoms with Gasteiger partial charge in [-0.05, 0) is 15.9 Å². The van der Waals surface area contributed by atoms with E-state index in [1.807, 2.05) is 0 Å². The van der Waals surface area contributed by atoms with Crippen LogP contribution in [0.1, 0.15) is 23.8 Å². The predicted molar refractivity (Wildman–Crippen MR) is 44.4 cm³/mol. The Balaban J connectivity index is 3.03. The lowest BCUT2D eigenvalue weighted by atomic mass is 10.2. The Morgan fingerprint density at radius 2 is 2.18 bits per heavy atom. The fourth-order valence-electron chi connectivity index (χ4n) is 0.676. The second-order valence-electron chi connectivity index (χ2n) is 1.97. The summed E-state index contributed by atoms with van der Waals surface area (Å²) in [5, 5.41) is 0. The van der Waals surface area contributed by atoms with Gasteiger partial charge in [0.1, 0.15) is 10.3 Å². The number of ketones is 1. The SMILES string of the molecule is CCC(=O)c1nccnc1Br. The van der Waals surface area contributed by atoms with Gasteiger partial charge >= 0.3 is 0 Å². The third-order valence-electron chi connectivity index (χ3n) is 1.24. The first-order chi connectivity index (χ1) is 5.25. The lowest BCUT2D eigenvalue weighted by Gasteiger charge is -1.96. The average Bonchev–Trinajstić information content (AvgIpc) is 2.04. The normalized spacial score (nSPS) is 9.64. The summed E-state index contributed by atoms with van der Waals surface area (Å²) in [6.07, 6.45) is 3.50. The van der Waals surface area contributed by atoms with Gasteiger partial charge in [-0.3, -0.25) is 4.79 Å². The summed E-state index contributed by atoms with van der Waals surface area (Å²) < 4.78 is 0.520. The molecular formula is C7H7BrN2O. The number of halogens is 1. The van der Waals surface area contributed by atoms with E-state index in [-0.39, 0.29) is 5.78 Å². The number of carbonyl (C=O) groups is 1. The van der Waals surface area contributed by atoms with Gasteiger partial charge in [-0.2, -0.15) is 0 Å². The molecule has 1 heterocycles. The van der Waals surface area contributed by atoms with E-state index in [1.54, 1.807) is 6.92 Å². The molecule has 0 N–H and O–H groups in total. The Hall–Kier alpha value is -0.770. The van der Waals surface area contributed by atoms with E-state index in [0.717, 1.165) is 0 Å². The van der Waals surface area contributed by atoms with Crippen LogP contribution in [-0.4, -0.2) is 15.8 Å². The molecule has 0 bridgehead atoms. The van der Waals surface area contributed by atoms with Crippen LogP contribution in [-0.2, 0) is 0 Å². The van der Waals surface area contributed by atoms with Gasteiger partial charge in [0, 0.05) is 18.8 Å². The summed E-state index contributed by atoms with van der Waals surface area (Å²) in [5.74, 6) is 0.00461. The van der Waals surface area contributed by atoms with Crippen LogP contribution < -0.4 is 0 Å². The van der Waals surface area contributed by atoms with Crippen LogP contribution in [0.15, 0.2) is 17.0 Å². The maximum atomic E-state index is 11.1. The van der Waals surface area contributed by atoms with E-state index in [2.05, 4.69) is 25.9 Å². The molecule has 0 spiro atoms. The van der Waals surface area contributed by atoms with Crippen molar-refractivity contribution in [2.24, 2.45) is 0 Å². The summed E-state index contributed by atoms with van der Waals surface area (Å²) in [7, 11) is 0. The standard InChI is InChI=1S/C7H7BrN2O/c1-2-5(11)6-7(8)10-4-3-9-6/h3-4H,2H2,1H3. The van der Waals surface area contributed by atoms with Crippen LogP contribution in [0.2, 0.25) is 0 Å². The second kappa shape index (κ2) is 3.57. The Labute approximate surface area is 73.0 Å². The number of nitrogens with zero attached hydrogens (tertiary/aromatic N) is 2. The van der Waals surface area contributed by atoms with Gasteiger partial charge in [0.05, 0.1) is 0 Å².